The van der Waals surface area contributed by atoms with Gasteiger partial charge < -0.3 is 4.57 Å². The number of fused-ring (bicyclic) bond motifs is 7. The van der Waals surface area contributed by atoms with Gasteiger partial charge in [0.15, 0.2) is 0 Å². The molecule has 0 atom stereocenters. The Morgan fingerprint density at radius 2 is 0.932 bits per heavy atom. The Morgan fingerprint density at radius 1 is 0.373 bits per heavy atom. The number of rotatable bonds is 2. The van der Waals surface area contributed by atoms with E-state index >= 15 is 0 Å². The third-order valence-corrected chi connectivity index (χ3v) is 14.9. The predicted molar refractivity (Wildman–Crippen MR) is 255 cm³/mol. The van der Waals surface area contributed by atoms with Gasteiger partial charge in [0, 0.05) is 21.9 Å². The molecule has 0 saturated carbocycles. The highest BCUT2D eigenvalue weighted by molar-refractivity contribution is 6.11. The zero-order valence-electron chi connectivity index (χ0n) is 37.4. The number of hydrogen-bond donors (Lipinski definition) is 0. The van der Waals surface area contributed by atoms with Crippen molar-refractivity contribution in [1.29, 1.82) is 0 Å². The van der Waals surface area contributed by atoms with E-state index in [1.54, 1.807) is 0 Å². The van der Waals surface area contributed by atoms with Crippen LogP contribution < -0.4 is 0 Å². The van der Waals surface area contributed by atoms with Gasteiger partial charge in [-0.3, -0.25) is 0 Å². The molecule has 0 N–H and O–H groups in total. The van der Waals surface area contributed by atoms with Crippen LogP contribution in [0.3, 0.4) is 0 Å². The summed E-state index contributed by atoms with van der Waals surface area (Å²) < 4.78 is 2.46. The molecule has 0 fully saturated rings. The molecule has 2 aliphatic rings. The van der Waals surface area contributed by atoms with Crippen LogP contribution in [0.5, 0.6) is 0 Å². The van der Waals surface area contributed by atoms with Gasteiger partial charge in [0.05, 0.1) is 11.0 Å². The highest BCUT2D eigenvalue weighted by Crippen LogP contribution is 2.62. The SMILES string of the molecule is Cc1ccc(-c2ccc3c(c2)c2cc4c(cc2n3-c2ccccc2)C(C)(C)C(C)(C)C4(C)C)cc1C.Cc1ccc2c(c1)C(C)(C)c1ccccc1-2.Cc1ccccc1. The first-order valence-corrected chi connectivity index (χ1v) is 21.4. The molecule has 1 aromatic heterocycles. The first-order valence-electron chi connectivity index (χ1n) is 21.4. The second kappa shape index (κ2) is 14.6. The van der Waals surface area contributed by atoms with E-state index in [4.69, 9.17) is 0 Å². The van der Waals surface area contributed by atoms with Gasteiger partial charge in [-0.15, -0.1) is 0 Å². The van der Waals surface area contributed by atoms with E-state index in [1.807, 2.05) is 18.2 Å². The summed E-state index contributed by atoms with van der Waals surface area (Å²) in [6.07, 6.45) is 0. The molecule has 298 valence electrons. The lowest BCUT2D eigenvalue weighted by molar-refractivity contribution is 0.125. The van der Waals surface area contributed by atoms with E-state index in [0.717, 1.165) is 0 Å². The fourth-order valence-corrected chi connectivity index (χ4v) is 9.86. The molecule has 0 saturated heterocycles. The number of para-hydroxylation sites is 1. The summed E-state index contributed by atoms with van der Waals surface area (Å²) in [5.41, 5.74) is 20.8. The minimum atomic E-state index is 0.0720. The molecule has 0 bridgehead atoms. The third-order valence-electron chi connectivity index (χ3n) is 14.9. The fourth-order valence-electron chi connectivity index (χ4n) is 9.86. The zero-order chi connectivity index (χ0) is 42.1. The van der Waals surface area contributed by atoms with E-state index in [-0.39, 0.29) is 21.7 Å². The normalized spacial score (nSPS) is 16.0. The fraction of sp³-hybridized carbons (Fsp3) is 0.276. The van der Waals surface area contributed by atoms with Gasteiger partial charge >= 0.3 is 0 Å². The van der Waals surface area contributed by atoms with Crippen molar-refractivity contribution in [3.8, 4) is 27.9 Å². The molecule has 2 aliphatic carbocycles. The van der Waals surface area contributed by atoms with E-state index in [9.17, 15) is 0 Å². The van der Waals surface area contributed by atoms with Crippen LogP contribution in [0.2, 0.25) is 0 Å². The summed E-state index contributed by atoms with van der Waals surface area (Å²) in [4.78, 5) is 0. The Bertz CT molecular complexity index is 2840. The first-order chi connectivity index (χ1) is 27.9. The van der Waals surface area contributed by atoms with E-state index < -0.39 is 0 Å². The van der Waals surface area contributed by atoms with Gasteiger partial charge in [0.1, 0.15) is 0 Å². The van der Waals surface area contributed by atoms with Crippen molar-refractivity contribution in [3.63, 3.8) is 0 Å². The Labute approximate surface area is 353 Å². The smallest absolute Gasteiger partial charge is 0.0544 e. The van der Waals surface area contributed by atoms with Gasteiger partial charge in [-0.1, -0.05) is 182 Å². The lowest BCUT2D eigenvalue weighted by Gasteiger charge is -2.44. The molecular formula is C58H61N. The van der Waals surface area contributed by atoms with E-state index in [2.05, 4.69) is 221 Å². The van der Waals surface area contributed by atoms with Gasteiger partial charge in [0.25, 0.3) is 0 Å². The van der Waals surface area contributed by atoms with Crippen molar-refractivity contribution >= 4 is 21.8 Å². The molecular weight excluding hydrogens is 711 g/mol. The van der Waals surface area contributed by atoms with Crippen molar-refractivity contribution in [2.75, 3.05) is 0 Å². The van der Waals surface area contributed by atoms with Crippen molar-refractivity contribution in [1.82, 2.24) is 4.57 Å². The first kappa shape index (κ1) is 40.1. The molecule has 0 amide bonds. The summed E-state index contributed by atoms with van der Waals surface area (Å²) in [5.74, 6) is 0. The Kier molecular flexibility index (Phi) is 9.90. The summed E-state index contributed by atoms with van der Waals surface area (Å²) in [7, 11) is 0. The molecule has 0 spiro atoms. The number of aromatic nitrogens is 1. The van der Waals surface area contributed by atoms with E-state index in [0.29, 0.717) is 0 Å². The predicted octanol–water partition coefficient (Wildman–Crippen LogP) is 16.0. The molecule has 0 aliphatic heterocycles. The van der Waals surface area contributed by atoms with E-state index in [1.165, 1.54) is 94.3 Å². The summed E-state index contributed by atoms with van der Waals surface area (Å²) >= 11 is 0. The largest absolute Gasteiger partial charge is 0.309 e. The third kappa shape index (κ3) is 6.55. The van der Waals surface area contributed by atoms with Gasteiger partial charge in [-0.25, -0.2) is 0 Å². The van der Waals surface area contributed by atoms with Gasteiger partial charge in [-0.2, -0.15) is 0 Å². The molecule has 1 nitrogen and oxygen atoms in total. The van der Waals surface area contributed by atoms with Crippen molar-refractivity contribution in [2.24, 2.45) is 5.41 Å². The second-order valence-corrected chi connectivity index (χ2v) is 19.4. The van der Waals surface area contributed by atoms with Crippen LogP contribution in [-0.2, 0) is 16.2 Å². The summed E-state index contributed by atoms with van der Waals surface area (Å²) in [5, 5.41) is 2.67. The maximum absolute atomic E-state index is 2.52. The maximum Gasteiger partial charge on any atom is 0.0544 e. The van der Waals surface area contributed by atoms with Crippen LogP contribution in [0.4, 0.5) is 0 Å². The van der Waals surface area contributed by atoms with Crippen LogP contribution in [0.15, 0.2) is 152 Å². The van der Waals surface area contributed by atoms with Gasteiger partial charge in [-0.05, 0) is 136 Å². The molecule has 0 unspecified atom stereocenters. The molecule has 0 radical (unpaired) electrons. The van der Waals surface area contributed by atoms with Crippen LogP contribution in [0.25, 0.3) is 49.7 Å². The number of benzene rings is 7. The summed E-state index contributed by atoms with van der Waals surface area (Å²) in [6.45, 7) is 27.9. The Hall–Kier alpha value is -5.66. The van der Waals surface area contributed by atoms with Crippen LogP contribution in [-0.4, -0.2) is 4.57 Å². The van der Waals surface area contributed by atoms with Crippen molar-refractivity contribution < 1.29 is 0 Å². The lowest BCUT2D eigenvalue weighted by Crippen LogP contribution is -2.42. The maximum atomic E-state index is 2.52. The average molecular weight is 772 g/mol. The molecule has 59 heavy (non-hydrogen) atoms. The highest BCUT2D eigenvalue weighted by atomic mass is 15.0. The second-order valence-electron chi connectivity index (χ2n) is 19.4. The van der Waals surface area contributed by atoms with Crippen LogP contribution in [0.1, 0.15) is 99.9 Å². The quantitative estimate of drug-likeness (QED) is 0.165. The van der Waals surface area contributed by atoms with Crippen molar-refractivity contribution in [2.45, 2.75) is 99.3 Å². The topological polar surface area (TPSA) is 4.93 Å². The molecule has 7 aromatic carbocycles. The number of nitrogens with zero attached hydrogens (tertiary/aromatic N) is 1. The number of hydrogen-bond acceptors (Lipinski definition) is 0. The Morgan fingerprint density at radius 3 is 1.58 bits per heavy atom. The number of aryl methyl sites for hydroxylation is 4. The monoisotopic (exact) mass is 771 g/mol. The molecule has 10 rings (SSSR count). The summed E-state index contributed by atoms with van der Waals surface area (Å²) in [6, 6.07) is 55.5. The molecule has 1 heteroatoms. The zero-order valence-corrected chi connectivity index (χ0v) is 37.4. The Balaban J connectivity index is 0.000000171. The van der Waals surface area contributed by atoms with Crippen molar-refractivity contribution in [3.05, 3.63) is 196 Å². The van der Waals surface area contributed by atoms with Gasteiger partial charge in [0.2, 0.25) is 0 Å². The highest BCUT2D eigenvalue weighted by Gasteiger charge is 2.57. The molecule has 8 aromatic rings. The average Bonchev–Trinajstić information content (AvgIpc) is 3.69. The molecule has 1 heterocycles. The minimum absolute atomic E-state index is 0.0720. The van der Waals surface area contributed by atoms with Crippen LogP contribution in [0, 0.1) is 33.1 Å². The van der Waals surface area contributed by atoms with Crippen LogP contribution >= 0.6 is 0 Å². The minimum Gasteiger partial charge on any atom is -0.309 e. The standard InChI is InChI=1S/C35H37N.C16H16.C7H8/c1-22-14-15-24(18-23(22)2)25-16-17-31-27(19-25)28-20-29-30(34(5,6)35(7,8)33(29,3)4)21-32(28)36(31)26-12-10-9-11-13-26;1-11-8-9-13-12-6-4-5-7-14(12)16(2,3)15(13)10-11;1-7-5-3-2-4-6-7/h9-21H,1-8H3;4-10H,1-3H3;2-6H,1H3. The lowest BCUT2D eigenvalue weighted by atomic mass is 9.59.